The van der Waals surface area contributed by atoms with Gasteiger partial charge in [-0.05, 0) is 53.6 Å². The lowest BCUT2D eigenvalue weighted by Gasteiger charge is -2.34. The van der Waals surface area contributed by atoms with Crippen molar-refractivity contribution in [2.75, 3.05) is 4.90 Å². The lowest BCUT2D eigenvalue weighted by atomic mass is 10.0. The second-order valence-corrected chi connectivity index (χ2v) is 7.75. The Morgan fingerprint density at radius 1 is 0.889 bits per heavy atom. The maximum atomic E-state index is 6.03. The Morgan fingerprint density at radius 3 is 2.30 bits per heavy atom. The summed E-state index contributed by atoms with van der Waals surface area (Å²) in [6.45, 7) is 8.16. The van der Waals surface area contributed by atoms with Crippen molar-refractivity contribution in [2.45, 2.75) is 4.90 Å². The molecule has 0 unspecified atom stereocenters. The number of rotatable bonds is 3. The standard InChI is InChI=1S/C24H18ClNS/c1-3-7-22-17(2)27-24-16-19(18-10-13-20(25)14-11-18)12-15-23(24)26(22)21-8-5-4-6-9-21/h3-16H,1-2H2/b22-7+. The van der Waals surface area contributed by atoms with Crippen molar-refractivity contribution in [3.63, 3.8) is 0 Å². The molecule has 0 saturated carbocycles. The van der Waals surface area contributed by atoms with Crippen LogP contribution < -0.4 is 4.90 Å². The third kappa shape index (κ3) is 3.46. The van der Waals surface area contributed by atoms with Crippen molar-refractivity contribution in [1.29, 1.82) is 0 Å². The van der Waals surface area contributed by atoms with E-state index in [9.17, 15) is 0 Å². The first-order valence-electron chi connectivity index (χ1n) is 8.62. The molecule has 0 N–H and O–H groups in total. The molecule has 3 aromatic rings. The van der Waals surface area contributed by atoms with Crippen LogP contribution in [0.2, 0.25) is 5.02 Å². The molecule has 1 heterocycles. The first-order valence-corrected chi connectivity index (χ1v) is 9.82. The number of benzene rings is 3. The van der Waals surface area contributed by atoms with E-state index in [1.165, 1.54) is 4.90 Å². The van der Waals surface area contributed by atoms with Crippen molar-refractivity contribution in [3.05, 3.63) is 114 Å². The summed E-state index contributed by atoms with van der Waals surface area (Å²) >= 11 is 7.72. The molecule has 27 heavy (non-hydrogen) atoms. The Kier molecular flexibility index (Phi) is 4.93. The van der Waals surface area contributed by atoms with Gasteiger partial charge in [-0.15, -0.1) is 0 Å². The van der Waals surface area contributed by atoms with Gasteiger partial charge in [-0.2, -0.15) is 0 Å². The molecule has 1 nitrogen and oxygen atoms in total. The van der Waals surface area contributed by atoms with E-state index in [0.717, 1.165) is 38.1 Å². The van der Waals surface area contributed by atoms with Crippen LogP contribution in [0.4, 0.5) is 11.4 Å². The molecule has 0 aromatic heterocycles. The first-order chi connectivity index (χ1) is 13.2. The van der Waals surface area contributed by atoms with E-state index in [1.54, 1.807) is 11.8 Å². The van der Waals surface area contributed by atoms with Crippen LogP contribution in [-0.2, 0) is 0 Å². The van der Waals surface area contributed by atoms with Crippen molar-refractivity contribution >= 4 is 34.7 Å². The number of fused-ring (bicyclic) bond motifs is 1. The molecule has 1 aliphatic heterocycles. The molecule has 0 fully saturated rings. The highest BCUT2D eigenvalue weighted by molar-refractivity contribution is 8.03. The third-order valence-electron chi connectivity index (χ3n) is 4.43. The van der Waals surface area contributed by atoms with Crippen LogP contribution in [0.5, 0.6) is 0 Å². The zero-order valence-electron chi connectivity index (χ0n) is 14.7. The van der Waals surface area contributed by atoms with Crippen LogP contribution in [0.15, 0.2) is 114 Å². The monoisotopic (exact) mass is 387 g/mol. The van der Waals surface area contributed by atoms with Crippen molar-refractivity contribution in [1.82, 2.24) is 0 Å². The minimum Gasteiger partial charge on any atom is -0.308 e. The van der Waals surface area contributed by atoms with Gasteiger partial charge < -0.3 is 4.90 Å². The normalized spacial score (nSPS) is 14.9. The average Bonchev–Trinajstić information content (AvgIpc) is 2.69. The molecule has 0 spiro atoms. The average molecular weight is 388 g/mol. The quantitative estimate of drug-likeness (QED) is 0.450. The van der Waals surface area contributed by atoms with Crippen LogP contribution in [0.3, 0.4) is 0 Å². The Hall–Kier alpha value is -2.68. The topological polar surface area (TPSA) is 3.24 Å². The van der Waals surface area contributed by atoms with E-state index in [1.807, 2.05) is 54.6 Å². The van der Waals surface area contributed by atoms with Gasteiger partial charge in [0.2, 0.25) is 0 Å². The van der Waals surface area contributed by atoms with Gasteiger partial charge in [-0.25, -0.2) is 0 Å². The van der Waals surface area contributed by atoms with E-state index in [4.69, 9.17) is 11.6 Å². The van der Waals surface area contributed by atoms with Crippen LogP contribution in [-0.4, -0.2) is 0 Å². The summed E-state index contributed by atoms with van der Waals surface area (Å²) in [5.74, 6) is 0. The summed E-state index contributed by atoms with van der Waals surface area (Å²) in [6, 6.07) is 24.8. The summed E-state index contributed by atoms with van der Waals surface area (Å²) in [5, 5.41) is 0.744. The number of para-hydroxylation sites is 1. The molecular weight excluding hydrogens is 370 g/mol. The molecule has 3 heteroatoms. The fraction of sp³-hybridized carbons (Fsp3) is 0. The van der Waals surface area contributed by atoms with Gasteiger partial charge in [0.15, 0.2) is 0 Å². The SMILES string of the molecule is C=C/C=C1\C(=C)Sc2cc(-c3ccc(Cl)cc3)ccc2N1c1ccccc1. The smallest absolute Gasteiger partial charge is 0.0602 e. The number of nitrogens with zero attached hydrogens (tertiary/aromatic N) is 1. The van der Waals surface area contributed by atoms with E-state index < -0.39 is 0 Å². The zero-order valence-corrected chi connectivity index (χ0v) is 16.3. The molecule has 0 aliphatic carbocycles. The van der Waals surface area contributed by atoms with Crippen LogP contribution >= 0.6 is 23.4 Å². The highest BCUT2D eigenvalue weighted by atomic mass is 35.5. The maximum Gasteiger partial charge on any atom is 0.0602 e. The van der Waals surface area contributed by atoms with Gasteiger partial charge in [0.1, 0.15) is 0 Å². The number of hydrogen-bond donors (Lipinski definition) is 0. The summed E-state index contributed by atoms with van der Waals surface area (Å²) < 4.78 is 0. The second kappa shape index (κ2) is 7.51. The second-order valence-electron chi connectivity index (χ2n) is 6.17. The Labute approximate surface area is 169 Å². The molecule has 132 valence electrons. The van der Waals surface area contributed by atoms with Crippen LogP contribution in [0.1, 0.15) is 0 Å². The molecule has 0 atom stereocenters. The largest absolute Gasteiger partial charge is 0.308 e. The van der Waals surface area contributed by atoms with Gasteiger partial charge in [-0.1, -0.05) is 79.0 Å². The van der Waals surface area contributed by atoms with Gasteiger partial charge >= 0.3 is 0 Å². The fourth-order valence-electron chi connectivity index (χ4n) is 3.18. The minimum atomic E-state index is 0.744. The summed E-state index contributed by atoms with van der Waals surface area (Å²) in [4.78, 5) is 4.42. The van der Waals surface area contributed by atoms with Crippen molar-refractivity contribution < 1.29 is 0 Å². The minimum absolute atomic E-state index is 0.744. The number of allylic oxidation sites excluding steroid dienone is 2. The Bertz CT molecular complexity index is 1040. The predicted octanol–water partition coefficient (Wildman–Crippen LogP) is 7.83. The van der Waals surface area contributed by atoms with Gasteiger partial charge in [0.25, 0.3) is 0 Å². The molecule has 0 saturated heterocycles. The summed E-state index contributed by atoms with van der Waals surface area (Å²) in [6.07, 6.45) is 3.82. The van der Waals surface area contributed by atoms with Crippen molar-refractivity contribution in [3.8, 4) is 11.1 Å². The summed E-state index contributed by atoms with van der Waals surface area (Å²) in [7, 11) is 0. The molecule has 0 bridgehead atoms. The molecule has 4 rings (SSSR count). The number of hydrogen-bond acceptors (Lipinski definition) is 2. The number of halogens is 1. The van der Waals surface area contributed by atoms with E-state index in [2.05, 4.69) is 48.4 Å². The van der Waals surface area contributed by atoms with E-state index >= 15 is 0 Å². The molecule has 0 radical (unpaired) electrons. The molecular formula is C24H18ClNS. The predicted molar refractivity (Wildman–Crippen MR) is 119 cm³/mol. The lowest BCUT2D eigenvalue weighted by Crippen LogP contribution is -2.20. The summed E-state index contributed by atoms with van der Waals surface area (Å²) in [5.41, 5.74) is 5.60. The zero-order chi connectivity index (χ0) is 18.8. The number of anilines is 2. The Morgan fingerprint density at radius 2 is 1.59 bits per heavy atom. The highest BCUT2D eigenvalue weighted by Crippen LogP contribution is 2.49. The van der Waals surface area contributed by atoms with Gasteiger partial charge in [0.05, 0.1) is 11.4 Å². The van der Waals surface area contributed by atoms with Crippen LogP contribution in [0.25, 0.3) is 11.1 Å². The maximum absolute atomic E-state index is 6.03. The highest BCUT2D eigenvalue weighted by Gasteiger charge is 2.26. The van der Waals surface area contributed by atoms with Crippen LogP contribution in [0, 0.1) is 0 Å². The Balaban J connectivity index is 1.85. The fourth-order valence-corrected chi connectivity index (χ4v) is 4.28. The molecule has 3 aromatic carbocycles. The van der Waals surface area contributed by atoms with E-state index in [-0.39, 0.29) is 0 Å². The number of thioether (sulfide) groups is 1. The first kappa shape index (κ1) is 17.7. The van der Waals surface area contributed by atoms with Gasteiger partial charge in [0, 0.05) is 20.5 Å². The lowest BCUT2D eigenvalue weighted by molar-refractivity contribution is 1.15. The van der Waals surface area contributed by atoms with Crippen molar-refractivity contribution in [2.24, 2.45) is 0 Å². The molecule has 1 aliphatic rings. The molecule has 0 amide bonds. The third-order valence-corrected chi connectivity index (χ3v) is 5.68. The van der Waals surface area contributed by atoms with E-state index in [0.29, 0.717) is 0 Å². The van der Waals surface area contributed by atoms with Gasteiger partial charge in [-0.3, -0.25) is 0 Å².